The third-order valence-electron chi connectivity index (χ3n) is 1.77. The molecule has 0 unspecified atom stereocenters. The first kappa shape index (κ1) is 8.93. The molecule has 0 spiro atoms. The fourth-order valence-electron chi connectivity index (χ4n) is 1.11. The van der Waals surface area contributed by atoms with E-state index in [9.17, 15) is 13.2 Å². The molecule has 0 saturated carbocycles. The molecule has 1 heterocycles. The molecule has 0 radical (unpaired) electrons. The monoisotopic (exact) mass is 201 g/mol. The van der Waals surface area contributed by atoms with Gasteiger partial charge in [0.1, 0.15) is 12.0 Å². The fraction of sp³-hybridized carbons (Fsp3) is 0.111. The Morgan fingerprint density at radius 2 is 1.86 bits per heavy atom. The number of ether oxygens (including phenoxy) is 1. The van der Waals surface area contributed by atoms with E-state index in [0.29, 0.717) is 17.7 Å². The van der Waals surface area contributed by atoms with E-state index >= 15 is 0 Å². The first-order valence-corrected chi connectivity index (χ1v) is 3.87. The van der Waals surface area contributed by atoms with Gasteiger partial charge >= 0.3 is 6.18 Å². The van der Waals surface area contributed by atoms with Crippen LogP contribution in [0.4, 0.5) is 18.9 Å². The molecule has 1 aromatic carbocycles. The van der Waals surface area contributed by atoms with E-state index in [4.69, 9.17) is 4.74 Å². The smallest absolute Gasteiger partial charge is 0.434 e. The molecule has 0 aliphatic carbocycles. The number of allylic oxidation sites excluding steroid dienone is 1. The van der Waals surface area contributed by atoms with Gasteiger partial charge in [0.25, 0.3) is 0 Å². The second kappa shape index (κ2) is 2.94. The van der Waals surface area contributed by atoms with Crippen molar-refractivity contribution < 1.29 is 17.9 Å². The Hall–Kier alpha value is -1.65. The average molecular weight is 201 g/mol. The quantitative estimate of drug-likeness (QED) is 0.696. The minimum Gasteiger partial charge on any atom is -0.461 e. The highest BCUT2D eigenvalue weighted by atomic mass is 19.4. The molecule has 0 fully saturated rings. The fourth-order valence-corrected chi connectivity index (χ4v) is 1.11. The summed E-state index contributed by atoms with van der Waals surface area (Å²) in [6.07, 6.45) is -3.74. The molecule has 14 heavy (non-hydrogen) atoms. The Morgan fingerprint density at radius 1 is 1.14 bits per heavy atom. The molecule has 2 rings (SSSR count). The summed E-state index contributed by atoms with van der Waals surface area (Å²) in [5.74, 6) is 0.389. The third-order valence-corrected chi connectivity index (χ3v) is 1.77. The van der Waals surface area contributed by atoms with Crippen molar-refractivity contribution in [3.05, 3.63) is 36.2 Å². The van der Waals surface area contributed by atoms with Gasteiger partial charge in [-0.1, -0.05) is 12.1 Å². The van der Waals surface area contributed by atoms with Crippen LogP contribution in [-0.4, -0.2) is 6.18 Å². The summed E-state index contributed by atoms with van der Waals surface area (Å²) in [7, 11) is 0. The summed E-state index contributed by atoms with van der Waals surface area (Å²) in [4.78, 5) is 0. The second-order valence-corrected chi connectivity index (χ2v) is 2.77. The summed E-state index contributed by atoms with van der Waals surface area (Å²) >= 11 is 0. The van der Waals surface area contributed by atoms with Crippen molar-refractivity contribution >= 4 is 5.69 Å². The maximum atomic E-state index is 12.2. The van der Waals surface area contributed by atoms with Crippen LogP contribution in [0.25, 0.3) is 0 Å². The Labute approximate surface area is 78.0 Å². The molecule has 0 bridgehead atoms. The van der Waals surface area contributed by atoms with Crippen LogP contribution >= 0.6 is 0 Å². The van der Waals surface area contributed by atoms with Crippen molar-refractivity contribution in [3.8, 4) is 5.75 Å². The molecule has 0 amide bonds. The van der Waals surface area contributed by atoms with Gasteiger partial charge in [-0.05, 0) is 12.1 Å². The molecule has 1 N–H and O–H groups in total. The molecule has 5 heteroatoms. The zero-order valence-corrected chi connectivity index (χ0v) is 6.93. The van der Waals surface area contributed by atoms with Gasteiger partial charge in [0, 0.05) is 0 Å². The molecule has 1 aliphatic heterocycles. The highest BCUT2D eigenvalue weighted by Gasteiger charge is 2.36. The SMILES string of the molecule is FC(F)(F)C1=COc2ccccc2N1. The first-order chi connectivity index (χ1) is 6.57. The zero-order valence-electron chi connectivity index (χ0n) is 6.93. The number of fused-ring (bicyclic) bond motifs is 1. The van der Waals surface area contributed by atoms with Crippen molar-refractivity contribution in [1.29, 1.82) is 0 Å². The largest absolute Gasteiger partial charge is 0.461 e. The number of alkyl halides is 3. The number of rotatable bonds is 0. The molecule has 74 valence electrons. The molecule has 0 aromatic heterocycles. The summed E-state index contributed by atoms with van der Waals surface area (Å²) in [6, 6.07) is 6.43. The number of halogens is 3. The maximum Gasteiger partial charge on any atom is 0.434 e. The number of benzene rings is 1. The van der Waals surface area contributed by atoms with Gasteiger partial charge < -0.3 is 10.1 Å². The van der Waals surface area contributed by atoms with Crippen LogP contribution in [0.1, 0.15) is 0 Å². The number of hydrogen-bond donors (Lipinski definition) is 1. The third kappa shape index (κ3) is 1.53. The van der Waals surface area contributed by atoms with Crippen molar-refractivity contribution in [2.45, 2.75) is 6.18 Å². The van der Waals surface area contributed by atoms with E-state index in [0.717, 1.165) is 0 Å². The van der Waals surface area contributed by atoms with Crippen LogP contribution in [-0.2, 0) is 0 Å². The summed E-state index contributed by atoms with van der Waals surface area (Å²) < 4.78 is 41.5. The Morgan fingerprint density at radius 3 is 2.57 bits per heavy atom. The van der Waals surface area contributed by atoms with E-state index in [2.05, 4.69) is 5.32 Å². The van der Waals surface area contributed by atoms with Crippen LogP contribution < -0.4 is 10.1 Å². The molecule has 2 nitrogen and oxygen atoms in total. The van der Waals surface area contributed by atoms with Crippen molar-refractivity contribution in [2.75, 3.05) is 5.32 Å². The molecular formula is C9H6F3NO. The van der Waals surface area contributed by atoms with E-state index in [1.165, 1.54) is 6.07 Å². The lowest BCUT2D eigenvalue weighted by molar-refractivity contribution is -0.0919. The number of hydrogen-bond acceptors (Lipinski definition) is 2. The Balaban J connectivity index is 2.30. The van der Waals surface area contributed by atoms with Crippen molar-refractivity contribution in [1.82, 2.24) is 0 Å². The van der Waals surface area contributed by atoms with Crippen molar-refractivity contribution in [3.63, 3.8) is 0 Å². The minimum absolute atomic E-state index is 0.322. The van der Waals surface area contributed by atoms with E-state index in [1.54, 1.807) is 18.2 Å². The van der Waals surface area contributed by atoms with Gasteiger partial charge in [0.05, 0.1) is 5.69 Å². The van der Waals surface area contributed by atoms with Gasteiger partial charge in [-0.3, -0.25) is 0 Å². The highest BCUT2D eigenvalue weighted by molar-refractivity contribution is 5.61. The number of para-hydroxylation sites is 2. The molecule has 0 saturated heterocycles. The van der Waals surface area contributed by atoms with Crippen LogP contribution in [0.2, 0.25) is 0 Å². The lowest BCUT2D eigenvalue weighted by Crippen LogP contribution is -2.22. The van der Waals surface area contributed by atoms with Gasteiger partial charge in [-0.15, -0.1) is 0 Å². The minimum atomic E-state index is -4.41. The highest BCUT2D eigenvalue weighted by Crippen LogP contribution is 2.34. The Bertz CT molecular complexity index is 384. The summed E-state index contributed by atoms with van der Waals surface area (Å²) in [5.41, 5.74) is -0.571. The lowest BCUT2D eigenvalue weighted by atomic mass is 10.2. The predicted molar refractivity (Wildman–Crippen MR) is 44.8 cm³/mol. The topological polar surface area (TPSA) is 21.3 Å². The van der Waals surface area contributed by atoms with Crippen LogP contribution in [0.5, 0.6) is 5.75 Å². The molecule has 0 atom stereocenters. The van der Waals surface area contributed by atoms with E-state index in [-0.39, 0.29) is 0 Å². The zero-order chi connectivity index (χ0) is 10.2. The van der Waals surface area contributed by atoms with Crippen molar-refractivity contribution in [2.24, 2.45) is 0 Å². The standard InChI is InChI=1S/C9H6F3NO/c10-9(11,12)8-5-14-7-4-2-1-3-6(7)13-8/h1-5,13H. The van der Waals surface area contributed by atoms with E-state index in [1.807, 2.05) is 0 Å². The van der Waals surface area contributed by atoms with Gasteiger partial charge in [-0.25, -0.2) is 0 Å². The first-order valence-electron chi connectivity index (χ1n) is 3.87. The Kier molecular flexibility index (Phi) is 1.87. The summed E-state index contributed by atoms with van der Waals surface area (Å²) in [5, 5.41) is 2.25. The molecule has 1 aliphatic rings. The molecule has 1 aromatic rings. The van der Waals surface area contributed by atoms with Crippen LogP contribution in [0.3, 0.4) is 0 Å². The van der Waals surface area contributed by atoms with Gasteiger partial charge in [0.2, 0.25) is 0 Å². The maximum absolute atomic E-state index is 12.2. The van der Waals surface area contributed by atoms with Gasteiger partial charge in [-0.2, -0.15) is 13.2 Å². The van der Waals surface area contributed by atoms with Crippen LogP contribution in [0, 0.1) is 0 Å². The lowest BCUT2D eigenvalue weighted by Gasteiger charge is -2.20. The summed E-state index contributed by atoms with van der Waals surface area (Å²) in [6.45, 7) is 0. The number of nitrogens with one attached hydrogen (secondary N) is 1. The van der Waals surface area contributed by atoms with Crippen LogP contribution in [0.15, 0.2) is 36.2 Å². The number of anilines is 1. The van der Waals surface area contributed by atoms with Gasteiger partial charge in [0.15, 0.2) is 5.70 Å². The van der Waals surface area contributed by atoms with E-state index < -0.39 is 11.9 Å². The molecular weight excluding hydrogens is 195 g/mol. The predicted octanol–water partition coefficient (Wildman–Crippen LogP) is 2.89. The average Bonchev–Trinajstić information content (AvgIpc) is 2.16. The normalized spacial score (nSPS) is 14.9. The second-order valence-electron chi connectivity index (χ2n) is 2.77.